The number of amides is 2. The van der Waals surface area contributed by atoms with Crippen molar-refractivity contribution in [3.8, 4) is 0 Å². The van der Waals surface area contributed by atoms with Crippen molar-refractivity contribution < 1.29 is 14.0 Å². The van der Waals surface area contributed by atoms with Gasteiger partial charge in [0, 0.05) is 43.8 Å². The highest BCUT2D eigenvalue weighted by atomic mass is 16.3. The van der Waals surface area contributed by atoms with E-state index in [1.165, 1.54) is 6.26 Å². The largest absolute Gasteiger partial charge is 0.459 e. The van der Waals surface area contributed by atoms with Crippen LogP contribution in [0.4, 0.5) is 0 Å². The number of hydrogen-bond acceptors (Lipinski definition) is 5. The Kier molecular flexibility index (Phi) is 4.56. The number of nitrogens with zero attached hydrogens (tertiary/aromatic N) is 5. The number of aromatic nitrogens is 3. The van der Waals surface area contributed by atoms with E-state index in [4.69, 9.17) is 9.40 Å². The van der Waals surface area contributed by atoms with E-state index in [-0.39, 0.29) is 17.9 Å². The van der Waals surface area contributed by atoms with Gasteiger partial charge in [-0.15, -0.1) is 0 Å². The molecule has 1 aliphatic heterocycles. The highest BCUT2D eigenvalue weighted by Gasteiger charge is 2.31. The molecule has 0 bridgehead atoms. The zero-order chi connectivity index (χ0) is 20.8. The lowest BCUT2D eigenvalue weighted by molar-refractivity contribution is 0.0519. The van der Waals surface area contributed by atoms with Crippen LogP contribution >= 0.6 is 0 Å². The Bertz CT molecular complexity index is 1090. The molecule has 1 saturated carbocycles. The average molecular weight is 407 g/mol. The number of carbonyl (C=O) groups excluding carboxylic acids is 2. The van der Waals surface area contributed by atoms with Crippen molar-refractivity contribution in [2.45, 2.75) is 38.6 Å². The van der Waals surface area contributed by atoms with E-state index < -0.39 is 0 Å². The number of hydrogen-bond donors (Lipinski definition) is 0. The van der Waals surface area contributed by atoms with Crippen molar-refractivity contribution in [3.05, 3.63) is 47.7 Å². The first-order valence-electron chi connectivity index (χ1n) is 10.5. The van der Waals surface area contributed by atoms with Crippen LogP contribution in [0.1, 0.15) is 65.3 Å². The molecule has 0 N–H and O–H groups in total. The maximum absolute atomic E-state index is 13.4. The number of pyridine rings is 1. The Morgan fingerprint density at radius 3 is 2.40 bits per heavy atom. The second kappa shape index (κ2) is 7.27. The molecule has 0 spiro atoms. The second-order valence-corrected chi connectivity index (χ2v) is 8.35. The highest BCUT2D eigenvalue weighted by molar-refractivity contribution is 6.05. The van der Waals surface area contributed by atoms with Gasteiger partial charge < -0.3 is 14.2 Å². The van der Waals surface area contributed by atoms with Crippen LogP contribution in [0, 0.1) is 0 Å². The standard InChI is InChI=1S/C22H25N5O3/c1-14(2)27-20-17(13-23-27)16(12-18(24-20)15-5-6-15)21(28)25-7-9-26(10-8-25)22(29)19-4-3-11-30-19/h3-4,11-15H,5-10H2,1-2H3. The summed E-state index contributed by atoms with van der Waals surface area (Å²) in [5.74, 6) is 0.630. The molecule has 3 aromatic rings. The van der Waals surface area contributed by atoms with Crippen LogP contribution in [-0.2, 0) is 0 Å². The van der Waals surface area contributed by atoms with Crippen molar-refractivity contribution in [1.82, 2.24) is 24.6 Å². The lowest BCUT2D eigenvalue weighted by Crippen LogP contribution is -2.50. The molecule has 156 valence electrons. The smallest absolute Gasteiger partial charge is 0.289 e. The summed E-state index contributed by atoms with van der Waals surface area (Å²) >= 11 is 0. The minimum absolute atomic E-state index is 0.0160. The summed E-state index contributed by atoms with van der Waals surface area (Å²) < 4.78 is 7.10. The van der Waals surface area contributed by atoms with E-state index in [1.54, 1.807) is 23.2 Å². The molecular weight excluding hydrogens is 382 g/mol. The summed E-state index contributed by atoms with van der Waals surface area (Å²) in [5, 5.41) is 5.29. The predicted octanol–water partition coefficient (Wildman–Crippen LogP) is 3.08. The van der Waals surface area contributed by atoms with Gasteiger partial charge in [0.25, 0.3) is 11.8 Å². The molecule has 2 fully saturated rings. The fourth-order valence-corrected chi connectivity index (χ4v) is 4.02. The fourth-order valence-electron chi connectivity index (χ4n) is 4.02. The van der Waals surface area contributed by atoms with Gasteiger partial charge >= 0.3 is 0 Å². The topological polar surface area (TPSA) is 84.5 Å². The molecule has 0 aromatic carbocycles. The molecule has 1 aliphatic carbocycles. The first kappa shape index (κ1) is 18.8. The van der Waals surface area contributed by atoms with Crippen LogP contribution in [0.15, 0.2) is 35.1 Å². The Balaban J connectivity index is 1.39. The predicted molar refractivity (Wildman–Crippen MR) is 110 cm³/mol. The van der Waals surface area contributed by atoms with E-state index in [0.717, 1.165) is 29.6 Å². The van der Waals surface area contributed by atoms with Gasteiger partial charge in [-0.05, 0) is 44.9 Å². The lowest BCUT2D eigenvalue weighted by atomic mass is 10.1. The van der Waals surface area contributed by atoms with Crippen molar-refractivity contribution >= 4 is 22.8 Å². The molecule has 5 rings (SSSR count). The van der Waals surface area contributed by atoms with Crippen LogP contribution in [0.3, 0.4) is 0 Å². The number of fused-ring (bicyclic) bond motifs is 1. The summed E-state index contributed by atoms with van der Waals surface area (Å²) in [5.41, 5.74) is 2.43. The summed E-state index contributed by atoms with van der Waals surface area (Å²) in [6, 6.07) is 5.49. The monoisotopic (exact) mass is 407 g/mol. The van der Waals surface area contributed by atoms with Crippen LogP contribution in [0.2, 0.25) is 0 Å². The molecule has 3 aromatic heterocycles. The first-order chi connectivity index (χ1) is 14.5. The molecule has 0 atom stereocenters. The number of furan rings is 1. The normalized spacial score (nSPS) is 17.2. The molecule has 1 saturated heterocycles. The SMILES string of the molecule is CC(C)n1ncc2c(C(=O)N3CCN(C(=O)c4ccco4)CC3)cc(C3CC3)nc21. The van der Waals surface area contributed by atoms with E-state index >= 15 is 0 Å². The molecule has 0 radical (unpaired) electrons. The maximum Gasteiger partial charge on any atom is 0.289 e. The second-order valence-electron chi connectivity index (χ2n) is 8.35. The summed E-state index contributed by atoms with van der Waals surface area (Å²) in [7, 11) is 0. The third kappa shape index (κ3) is 3.26. The molecule has 30 heavy (non-hydrogen) atoms. The molecule has 2 aliphatic rings. The lowest BCUT2D eigenvalue weighted by Gasteiger charge is -2.34. The van der Waals surface area contributed by atoms with E-state index in [9.17, 15) is 9.59 Å². The summed E-state index contributed by atoms with van der Waals surface area (Å²) in [6.07, 6.45) is 5.49. The summed E-state index contributed by atoms with van der Waals surface area (Å²) in [6.45, 7) is 6.09. The van der Waals surface area contributed by atoms with Gasteiger partial charge in [0.15, 0.2) is 11.4 Å². The molecule has 8 heteroatoms. The van der Waals surface area contributed by atoms with Gasteiger partial charge in [0.05, 0.1) is 23.4 Å². The van der Waals surface area contributed by atoms with E-state index in [2.05, 4.69) is 18.9 Å². The maximum atomic E-state index is 13.4. The van der Waals surface area contributed by atoms with Crippen molar-refractivity contribution in [2.24, 2.45) is 0 Å². The minimum Gasteiger partial charge on any atom is -0.459 e. The summed E-state index contributed by atoms with van der Waals surface area (Å²) in [4.78, 5) is 34.3. The number of rotatable bonds is 4. The average Bonchev–Trinajstić information content (AvgIpc) is 3.28. The third-order valence-electron chi connectivity index (χ3n) is 5.89. The highest BCUT2D eigenvalue weighted by Crippen LogP contribution is 2.40. The van der Waals surface area contributed by atoms with E-state index in [1.807, 2.05) is 15.6 Å². The molecule has 8 nitrogen and oxygen atoms in total. The van der Waals surface area contributed by atoms with Gasteiger partial charge in [0.1, 0.15) is 0 Å². The van der Waals surface area contributed by atoms with E-state index in [0.29, 0.717) is 43.4 Å². The minimum atomic E-state index is -0.132. The Labute approximate surface area is 174 Å². The quantitative estimate of drug-likeness (QED) is 0.664. The van der Waals surface area contributed by atoms with Crippen LogP contribution in [0.5, 0.6) is 0 Å². The van der Waals surface area contributed by atoms with Gasteiger partial charge in [-0.3, -0.25) is 9.59 Å². The zero-order valence-corrected chi connectivity index (χ0v) is 17.2. The third-order valence-corrected chi connectivity index (χ3v) is 5.89. The Morgan fingerprint density at radius 1 is 1.10 bits per heavy atom. The Morgan fingerprint density at radius 2 is 1.80 bits per heavy atom. The van der Waals surface area contributed by atoms with Gasteiger partial charge in [-0.25, -0.2) is 9.67 Å². The Hall–Kier alpha value is -3.16. The van der Waals surface area contributed by atoms with Crippen molar-refractivity contribution in [3.63, 3.8) is 0 Å². The zero-order valence-electron chi connectivity index (χ0n) is 17.2. The molecule has 0 unspecified atom stereocenters. The molecule has 2 amide bonds. The van der Waals surface area contributed by atoms with Crippen LogP contribution in [0.25, 0.3) is 11.0 Å². The van der Waals surface area contributed by atoms with Crippen LogP contribution in [-0.4, -0.2) is 62.6 Å². The van der Waals surface area contributed by atoms with Gasteiger partial charge in [-0.1, -0.05) is 0 Å². The first-order valence-corrected chi connectivity index (χ1v) is 10.5. The van der Waals surface area contributed by atoms with Gasteiger partial charge in [-0.2, -0.15) is 5.10 Å². The number of carbonyl (C=O) groups is 2. The van der Waals surface area contributed by atoms with Gasteiger partial charge in [0.2, 0.25) is 0 Å². The molecular formula is C22H25N5O3. The van der Waals surface area contributed by atoms with Crippen LogP contribution < -0.4 is 0 Å². The van der Waals surface area contributed by atoms with Crippen molar-refractivity contribution in [1.29, 1.82) is 0 Å². The van der Waals surface area contributed by atoms with Crippen molar-refractivity contribution in [2.75, 3.05) is 26.2 Å². The number of piperazine rings is 1. The molecule has 4 heterocycles. The fraction of sp³-hybridized carbons (Fsp3) is 0.455.